The van der Waals surface area contributed by atoms with Gasteiger partial charge in [-0.2, -0.15) is 0 Å². The molecule has 3 aromatic heterocycles. The van der Waals surface area contributed by atoms with Crippen LogP contribution in [0.25, 0.3) is 38.9 Å². The molecule has 2 aliphatic rings. The maximum absolute atomic E-state index is 11.7. The Kier molecular flexibility index (Phi) is 5.77. The van der Waals surface area contributed by atoms with Gasteiger partial charge in [-0.25, -0.2) is 15.0 Å². The van der Waals surface area contributed by atoms with Gasteiger partial charge in [0, 0.05) is 74.0 Å². The Balaban J connectivity index is 1.20. The molecule has 196 valence electrons. The van der Waals surface area contributed by atoms with Gasteiger partial charge < -0.3 is 10.6 Å². The lowest BCUT2D eigenvalue weighted by atomic mass is 9.78. The Morgan fingerprint density at radius 2 is 1.69 bits per heavy atom. The molecule has 1 aliphatic carbocycles. The number of imidazole rings is 1. The van der Waals surface area contributed by atoms with E-state index in [4.69, 9.17) is 15.7 Å². The zero-order valence-electron chi connectivity index (χ0n) is 22.0. The van der Waals surface area contributed by atoms with E-state index in [2.05, 4.69) is 56.7 Å². The Labute approximate surface area is 227 Å². The second-order valence-corrected chi connectivity index (χ2v) is 10.7. The third kappa shape index (κ3) is 4.21. The molecule has 2 fully saturated rings. The van der Waals surface area contributed by atoms with E-state index in [-0.39, 0.29) is 5.91 Å². The summed E-state index contributed by atoms with van der Waals surface area (Å²) in [7, 11) is 0. The van der Waals surface area contributed by atoms with E-state index in [1.165, 1.54) is 0 Å². The molecule has 0 unspecified atom stereocenters. The number of nitrogens with two attached hydrogens (primary N) is 1. The van der Waals surface area contributed by atoms with Crippen molar-refractivity contribution in [3.63, 3.8) is 0 Å². The van der Waals surface area contributed by atoms with Crippen LogP contribution in [0.15, 0.2) is 73.1 Å². The predicted molar refractivity (Wildman–Crippen MR) is 153 cm³/mol. The summed E-state index contributed by atoms with van der Waals surface area (Å²) in [4.78, 5) is 30.7. The van der Waals surface area contributed by atoms with Crippen LogP contribution >= 0.6 is 0 Å². The monoisotopic (exact) mass is 517 g/mol. The molecule has 1 saturated heterocycles. The fourth-order valence-corrected chi connectivity index (χ4v) is 6.11. The van der Waals surface area contributed by atoms with Crippen LogP contribution in [0.5, 0.6) is 0 Å². The summed E-state index contributed by atoms with van der Waals surface area (Å²) < 4.78 is 2.13. The van der Waals surface area contributed by atoms with E-state index in [1.807, 2.05) is 29.3 Å². The van der Waals surface area contributed by atoms with Gasteiger partial charge in [0.25, 0.3) is 0 Å². The second-order valence-electron chi connectivity index (χ2n) is 10.7. The summed E-state index contributed by atoms with van der Waals surface area (Å²) in [6.45, 7) is 5.17. The molecule has 0 atom stereocenters. The molecule has 7 rings (SSSR count). The van der Waals surface area contributed by atoms with Crippen molar-refractivity contribution in [2.45, 2.75) is 31.7 Å². The largest absolute Gasteiger partial charge is 0.382 e. The highest BCUT2D eigenvalue weighted by atomic mass is 16.2. The van der Waals surface area contributed by atoms with Crippen LogP contribution in [0.4, 0.5) is 5.82 Å². The average Bonchev–Trinajstić information content (AvgIpc) is 3.33. The van der Waals surface area contributed by atoms with Gasteiger partial charge in [-0.05, 0) is 25.0 Å². The first-order chi connectivity index (χ1) is 19.0. The number of rotatable bonds is 4. The van der Waals surface area contributed by atoms with Crippen LogP contribution in [0.2, 0.25) is 0 Å². The average molecular weight is 518 g/mol. The molecule has 2 aromatic carbocycles. The topological polar surface area (TPSA) is 92.7 Å². The molecule has 0 radical (unpaired) electrons. The fourth-order valence-electron chi connectivity index (χ4n) is 6.11. The number of hydrogen-bond donors (Lipinski definition) is 1. The first-order valence-corrected chi connectivity index (χ1v) is 13.6. The molecule has 1 saturated carbocycles. The molecule has 8 nitrogen and oxygen atoms in total. The predicted octanol–water partition coefficient (Wildman–Crippen LogP) is 4.60. The maximum Gasteiger partial charge on any atom is 0.219 e. The molecule has 0 bridgehead atoms. The number of nitrogen functional groups attached to an aromatic ring is 1. The van der Waals surface area contributed by atoms with Crippen LogP contribution in [0.1, 0.15) is 31.5 Å². The van der Waals surface area contributed by atoms with E-state index in [0.29, 0.717) is 17.8 Å². The van der Waals surface area contributed by atoms with Crippen molar-refractivity contribution >= 4 is 28.1 Å². The lowest BCUT2D eigenvalue weighted by molar-refractivity contribution is -0.131. The number of piperazine rings is 1. The molecule has 4 heterocycles. The van der Waals surface area contributed by atoms with Gasteiger partial charge in [0.2, 0.25) is 5.91 Å². The van der Waals surface area contributed by atoms with E-state index < -0.39 is 0 Å². The number of hydrogen-bond acceptors (Lipinski definition) is 6. The first kappa shape index (κ1) is 23.8. The van der Waals surface area contributed by atoms with E-state index in [0.717, 1.165) is 83.8 Å². The number of aromatic nitrogens is 4. The molecule has 5 aromatic rings. The molecular formula is C31H31N7O. The van der Waals surface area contributed by atoms with E-state index in [9.17, 15) is 4.79 Å². The summed E-state index contributed by atoms with van der Waals surface area (Å²) in [5.41, 5.74) is 12.1. The standard InChI is InChI=1S/C31H31N7O/c1-20(39)36-13-15-37(16-14-36)25-17-24(18-25)31-35-28(29-30(32)33-11-12-38(29)31)23-8-7-22-9-10-26(34-27(22)19-23)21-5-3-2-4-6-21/h2-12,19,24-25H,13-18H2,1H3,(H2,32,33). The first-order valence-electron chi connectivity index (χ1n) is 13.6. The van der Waals surface area contributed by atoms with Gasteiger partial charge in [-0.3, -0.25) is 14.1 Å². The summed E-state index contributed by atoms with van der Waals surface area (Å²) in [5.74, 6) is 2.04. The van der Waals surface area contributed by atoms with Crippen molar-refractivity contribution in [1.29, 1.82) is 0 Å². The van der Waals surface area contributed by atoms with Crippen molar-refractivity contribution in [1.82, 2.24) is 29.2 Å². The fraction of sp³-hybridized carbons (Fsp3) is 0.290. The SMILES string of the molecule is CC(=O)N1CCN(C2CC(c3nc(-c4ccc5ccc(-c6ccccc6)nc5c4)c4c(N)nccn34)C2)CC1. The molecule has 2 N–H and O–H groups in total. The highest BCUT2D eigenvalue weighted by Crippen LogP contribution is 2.42. The van der Waals surface area contributed by atoms with Crippen molar-refractivity contribution in [3.8, 4) is 22.5 Å². The lowest BCUT2D eigenvalue weighted by Gasteiger charge is -2.46. The maximum atomic E-state index is 11.7. The number of anilines is 1. The van der Waals surface area contributed by atoms with Crippen molar-refractivity contribution in [2.24, 2.45) is 0 Å². The van der Waals surface area contributed by atoms with Gasteiger partial charge in [0.05, 0.1) is 11.2 Å². The minimum atomic E-state index is 0.170. The van der Waals surface area contributed by atoms with E-state index >= 15 is 0 Å². The van der Waals surface area contributed by atoms with Gasteiger partial charge in [0.15, 0.2) is 0 Å². The number of fused-ring (bicyclic) bond motifs is 2. The van der Waals surface area contributed by atoms with Crippen molar-refractivity contribution in [2.75, 3.05) is 31.9 Å². The minimum Gasteiger partial charge on any atom is -0.382 e. The Hall–Kier alpha value is -4.30. The number of benzene rings is 2. The molecular weight excluding hydrogens is 486 g/mol. The minimum absolute atomic E-state index is 0.170. The lowest BCUT2D eigenvalue weighted by Crippen LogP contribution is -2.54. The third-order valence-electron chi connectivity index (χ3n) is 8.40. The quantitative estimate of drug-likeness (QED) is 0.375. The zero-order valence-corrected chi connectivity index (χ0v) is 22.0. The summed E-state index contributed by atoms with van der Waals surface area (Å²) >= 11 is 0. The summed E-state index contributed by atoms with van der Waals surface area (Å²) in [6.07, 6.45) is 5.84. The number of carbonyl (C=O) groups excluding carboxylic acids is 1. The molecule has 0 spiro atoms. The second kappa shape index (κ2) is 9.47. The Morgan fingerprint density at radius 1 is 0.923 bits per heavy atom. The number of amides is 1. The van der Waals surface area contributed by atoms with Crippen LogP contribution in [0, 0.1) is 0 Å². The van der Waals surface area contributed by atoms with Crippen LogP contribution in [-0.4, -0.2) is 67.3 Å². The van der Waals surface area contributed by atoms with Crippen molar-refractivity contribution < 1.29 is 4.79 Å². The Morgan fingerprint density at radius 3 is 2.46 bits per heavy atom. The van der Waals surface area contributed by atoms with E-state index in [1.54, 1.807) is 13.1 Å². The van der Waals surface area contributed by atoms with Crippen LogP contribution in [-0.2, 0) is 4.79 Å². The third-order valence-corrected chi connectivity index (χ3v) is 8.40. The number of nitrogens with zero attached hydrogens (tertiary/aromatic N) is 6. The molecule has 8 heteroatoms. The van der Waals surface area contributed by atoms with Crippen molar-refractivity contribution in [3.05, 3.63) is 78.9 Å². The van der Waals surface area contributed by atoms with Gasteiger partial charge in [0.1, 0.15) is 22.9 Å². The summed E-state index contributed by atoms with van der Waals surface area (Å²) in [6, 6.07) is 21.3. The molecule has 1 amide bonds. The molecule has 39 heavy (non-hydrogen) atoms. The van der Waals surface area contributed by atoms with Gasteiger partial charge in [-0.15, -0.1) is 0 Å². The number of pyridine rings is 1. The zero-order chi connectivity index (χ0) is 26.5. The summed E-state index contributed by atoms with van der Waals surface area (Å²) in [5, 5.41) is 1.08. The van der Waals surface area contributed by atoms with Gasteiger partial charge >= 0.3 is 0 Å². The normalized spacial score (nSPS) is 19.9. The van der Waals surface area contributed by atoms with Gasteiger partial charge in [-0.1, -0.05) is 48.5 Å². The number of carbonyl (C=O) groups is 1. The highest BCUT2D eigenvalue weighted by molar-refractivity contribution is 5.91. The smallest absolute Gasteiger partial charge is 0.219 e. The van der Waals surface area contributed by atoms with Crippen LogP contribution in [0.3, 0.4) is 0 Å². The van der Waals surface area contributed by atoms with Crippen LogP contribution < -0.4 is 5.73 Å². The Bertz CT molecular complexity index is 1680. The molecule has 1 aliphatic heterocycles. The highest BCUT2D eigenvalue weighted by Gasteiger charge is 2.38.